The molecule has 1 heterocycles. The maximum absolute atomic E-state index is 14.2. The fourth-order valence-corrected chi connectivity index (χ4v) is 1.93. The van der Waals surface area contributed by atoms with Gasteiger partial charge in [-0.1, -0.05) is 0 Å². The Kier molecular flexibility index (Phi) is 3.46. The highest BCUT2D eigenvalue weighted by Gasteiger charge is 2.19. The summed E-state index contributed by atoms with van der Waals surface area (Å²) in [5.74, 6) is -1.33. The summed E-state index contributed by atoms with van der Waals surface area (Å²) in [6, 6.07) is 3.55. The largest absolute Gasteiger partial charge is 0.294 e. The average molecular weight is 264 g/mol. The van der Waals surface area contributed by atoms with Crippen molar-refractivity contribution in [1.29, 1.82) is 0 Å². The van der Waals surface area contributed by atoms with E-state index in [1.807, 2.05) is 0 Å². The highest BCUT2D eigenvalue weighted by atomic mass is 19.1. The van der Waals surface area contributed by atoms with Crippen molar-refractivity contribution in [2.24, 2.45) is 0 Å². The molecule has 0 saturated carbocycles. The van der Waals surface area contributed by atoms with Gasteiger partial charge in [0.15, 0.2) is 5.78 Å². The predicted molar refractivity (Wildman–Crippen MR) is 68.0 cm³/mol. The van der Waals surface area contributed by atoms with E-state index in [0.717, 1.165) is 6.07 Å². The molecule has 19 heavy (non-hydrogen) atoms. The summed E-state index contributed by atoms with van der Waals surface area (Å²) in [7, 11) is 0. The summed E-state index contributed by atoms with van der Waals surface area (Å²) >= 11 is 0. The zero-order valence-electron chi connectivity index (χ0n) is 10.9. The number of carbonyl (C=O) groups excluding carboxylic acids is 1. The van der Waals surface area contributed by atoms with Gasteiger partial charge in [-0.25, -0.2) is 9.07 Å². The van der Waals surface area contributed by atoms with E-state index in [-0.39, 0.29) is 28.5 Å². The number of halogens is 2. The Morgan fingerprint density at radius 2 is 1.95 bits per heavy atom. The lowest BCUT2D eigenvalue weighted by atomic mass is 9.99. The van der Waals surface area contributed by atoms with Crippen molar-refractivity contribution in [2.45, 2.75) is 26.8 Å². The monoisotopic (exact) mass is 264 g/mol. The van der Waals surface area contributed by atoms with Gasteiger partial charge in [0.2, 0.25) is 5.95 Å². The molecule has 2 aromatic rings. The summed E-state index contributed by atoms with van der Waals surface area (Å²) in [6.07, 6.45) is 1.32. The number of hydrogen-bond acceptors (Lipinski definition) is 2. The van der Waals surface area contributed by atoms with Crippen LogP contribution in [-0.2, 0) is 0 Å². The van der Waals surface area contributed by atoms with E-state index in [9.17, 15) is 13.6 Å². The molecular formula is C14H14F2N2O. The van der Waals surface area contributed by atoms with Crippen LogP contribution < -0.4 is 0 Å². The molecule has 0 fully saturated rings. The number of rotatable bonds is 3. The lowest BCUT2D eigenvalue weighted by Gasteiger charge is -2.08. The van der Waals surface area contributed by atoms with Crippen LogP contribution in [0.1, 0.15) is 37.2 Å². The third kappa shape index (κ3) is 2.41. The molecule has 1 aromatic carbocycles. The van der Waals surface area contributed by atoms with Crippen LogP contribution in [0.5, 0.6) is 0 Å². The smallest absolute Gasteiger partial charge is 0.219 e. The molecule has 0 radical (unpaired) electrons. The second-order valence-electron chi connectivity index (χ2n) is 4.63. The maximum atomic E-state index is 14.2. The maximum Gasteiger partial charge on any atom is 0.219 e. The molecule has 0 aliphatic heterocycles. The van der Waals surface area contributed by atoms with E-state index in [0.29, 0.717) is 0 Å². The van der Waals surface area contributed by atoms with E-state index >= 15 is 0 Å². The molecule has 0 bridgehead atoms. The molecule has 2 rings (SSSR count). The number of ketones is 1. The van der Waals surface area contributed by atoms with Crippen molar-refractivity contribution in [2.75, 3.05) is 0 Å². The standard InChI is InChI=1S/C14H14F2N2O/c1-8(2)18-14(16)13(7-17-18)12-6-10(15)4-5-11(12)9(3)19/h4-8H,1-3H3. The van der Waals surface area contributed by atoms with Gasteiger partial charge in [-0.2, -0.15) is 9.49 Å². The Bertz CT molecular complexity index is 632. The Hall–Kier alpha value is -2.04. The van der Waals surface area contributed by atoms with E-state index in [1.165, 1.54) is 29.9 Å². The molecule has 0 spiro atoms. The van der Waals surface area contributed by atoms with Crippen LogP contribution >= 0.6 is 0 Å². The molecule has 0 amide bonds. The number of benzene rings is 1. The minimum atomic E-state index is -0.567. The molecule has 0 saturated heterocycles. The van der Waals surface area contributed by atoms with Gasteiger partial charge in [-0.3, -0.25) is 4.79 Å². The van der Waals surface area contributed by atoms with Gasteiger partial charge in [-0.15, -0.1) is 0 Å². The fourth-order valence-electron chi connectivity index (χ4n) is 1.93. The molecule has 0 aliphatic rings. The molecule has 0 unspecified atom stereocenters. The fraction of sp³-hybridized carbons (Fsp3) is 0.286. The van der Waals surface area contributed by atoms with Gasteiger partial charge in [0.25, 0.3) is 0 Å². The number of carbonyl (C=O) groups is 1. The van der Waals surface area contributed by atoms with Gasteiger partial charge in [0, 0.05) is 17.2 Å². The Balaban J connectivity index is 2.65. The SMILES string of the molecule is CC(=O)c1ccc(F)cc1-c1cnn(C(C)C)c1F. The van der Waals surface area contributed by atoms with Crippen molar-refractivity contribution in [3.63, 3.8) is 0 Å². The van der Waals surface area contributed by atoms with Crippen LogP contribution in [0.3, 0.4) is 0 Å². The summed E-state index contributed by atoms with van der Waals surface area (Å²) in [5.41, 5.74) is 0.652. The van der Waals surface area contributed by atoms with Gasteiger partial charge in [-0.05, 0) is 39.0 Å². The van der Waals surface area contributed by atoms with Crippen LogP contribution in [0.2, 0.25) is 0 Å². The first kappa shape index (κ1) is 13.4. The zero-order valence-corrected chi connectivity index (χ0v) is 10.9. The lowest BCUT2D eigenvalue weighted by Crippen LogP contribution is -2.06. The molecule has 5 heteroatoms. The van der Waals surface area contributed by atoms with E-state index < -0.39 is 11.8 Å². The van der Waals surface area contributed by atoms with E-state index in [1.54, 1.807) is 13.8 Å². The minimum absolute atomic E-state index is 0.137. The summed E-state index contributed by atoms with van der Waals surface area (Å²) in [5, 5.41) is 3.93. The molecule has 0 N–H and O–H groups in total. The van der Waals surface area contributed by atoms with Crippen LogP contribution in [0.15, 0.2) is 24.4 Å². The van der Waals surface area contributed by atoms with Gasteiger partial charge in [0.1, 0.15) is 5.82 Å². The van der Waals surface area contributed by atoms with Crippen molar-refractivity contribution in [1.82, 2.24) is 9.78 Å². The number of aromatic nitrogens is 2. The van der Waals surface area contributed by atoms with Gasteiger partial charge < -0.3 is 0 Å². The first-order valence-corrected chi connectivity index (χ1v) is 5.95. The lowest BCUT2D eigenvalue weighted by molar-refractivity contribution is 0.101. The van der Waals surface area contributed by atoms with Crippen LogP contribution in [0.4, 0.5) is 8.78 Å². The quantitative estimate of drug-likeness (QED) is 0.794. The van der Waals surface area contributed by atoms with Crippen LogP contribution in [-0.4, -0.2) is 15.6 Å². The molecule has 1 aromatic heterocycles. The number of hydrogen-bond donors (Lipinski definition) is 0. The van der Waals surface area contributed by atoms with Gasteiger partial charge in [0.05, 0.1) is 11.8 Å². The van der Waals surface area contributed by atoms with Gasteiger partial charge >= 0.3 is 0 Å². The minimum Gasteiger partial charge on any atom is -0.294 e. The average Bonchev–Trinajstić information content (AvgIpc) is 2.70. The number of Topliss-reactive ketones (excluding diaryl/α,β-unsaturated/α-hetero) is 1. The first-order chi connectivity index (χ1) is 8.91. The summed E-state index contributed by atoms with van der Waals surface area (Å²) in [4.78, 5) is 11.5. The van der Waals surface area contributed by atoms with Crippen LogP contribution in [0.25, 0.3) is 11.1 Å². The molecule has 3 nitrogen and oxygen atoms in total. The van der Waals surface area contributed by atoms with Crippen molar-refractivity contribution < 1.29 is 13.6 Å². The Labute approximate surface area is 109 Å². The molecule has 0 atom stereocenters. The summed E-state index contributed by atoms with van der Waals surface area (Å²) < 4.78 is 28.7. The Morgan fingerprint density at radius 3 is 2.47 bits per heavy atom. The second kappa shape index (κ2) is 4.91. The summed E-state index contributed by atoms with van der Waals surface area (Å²) in [6.45, 7) is 4.94. The predicted octanol–water partition coefficient (Wildman–Crippen LogP) is 3.61. The van der Waals surface area contributed by atoms with Crippen LogP contribution in [0, 0.1) is 11.8 Å². The van der Waals surface area contributed by atoms with Crippen molar-refractivity contribution in [3.05, 3.63) is 41.7 Å². The molecular weight excluding hydrogens is 250 g/mol. The zero-order chi connectivity index (χ0) is 14.2. The first-order valence-electron chi connectivity index (χ1n) is 5.95. The molecule has 100 valence electrons. The third-order valence-corrected chi connectivity index (χ3v) is 2.87. The van der Waals surface area contributed by atoms with E-state index in [4.69, 9.17) is 0 Å². The second-order valence-corrected chi connectivity index (χ2v) is 4.63. The highest BCUT2D eigenvalue weighted by Crippen LogP contribution is 2.28. The third-order valence-electron chi connectivity index (χ3n) is 2.87. The normalized spacial score (nSPS) is 11.1. The van der Waals surface area contributed by atoms with E-state index in [2.05, 4.69) is 5.10 Å². The topological polar surface area (TPSA) is 34.9 Å². The number of nitrogens with zero attached hydrogens (tertiary/aromatic N) is 2. The molecule has 0 aliphatic carbocycles. The van der Waals surface area contributed by atoms with Crippen molar-refractivity contribution in [3.8, 4) is 11.1 Å². The van der Waals surface area contributed by atoms with Crippen molar-refractivity contribution >= 4 is 5.78 Å². The Morgan fingerprint density at radius 1 is 1.26 bits per heavy atom. The highest BCUT2D eigenvalue weighted by molar-refractivity contribution is 6.00.